The van der Waals surface area contributed by atoms with E-state index in [4.69, 9.17) is 9.47 Å². The van der Waals surface area contributed by atoms with Crippen LogP contribution in [0.15, 0.2) is 48.5 Å². The summed E-state index contributed by atoms with van der Waals surface area (Å²) in [7, 11) is 1.63. The van der Waals surface area contributed by atoms with E-state index in [9.17, 15) is 5.11 Å². The van der Waals surface area contributed by atoms with Crippen molar-refractivity contribution < 1.29 is 14.6 Å². The molecule has 0 aliphatic rings. The highest BCUT2D eigenvalue weighted by molar-refractivity contribution is 5.46. The van der Waals surface area contributed by atoms with Crippen molar-refractivity contribution in [2.45, 2.75) is 13.0 Å². The first-order valence-corrected chi connectivity index (χ1v) is 6.93. The minimum atomic E-state index is -0.576. The Hall–Kier alpha value is -2.20. The van der Waals surface area contributed by atoms with E-state index >= 15 is 0 Å². The van der Waals surface area contributed by atoms with Crippen molar-refractivity contribution in [2.24, 2.45) is 0 Å². The standard InChI is InChI=1S/C17H21NO3/c1-13-3-7-17(8-4-13)21-12-15(19)11-18-14-5-9-16(20-2)10-6-14/h3-10,15,18-19H,11-12H2,1-2H3. The van der Waals surface area contributed by atoms with Gasteiger partial charge in [0.2, 0.25) is 0 Å². The van der Waals surface area contributed by atoms with Crippen LogP contribution in [0.3, 0.4) is 0 Å². The van der Waals surface area contributed by atoms with Crippen molar-refractivity contribution in [2.75, 3.05) is 25.6 Å². The van der Waals surface area contributed by atoms with Gasteiger partial charge in [-0.05, 0) is 43.3 Å². The number of benzene rings is 2. The Morgan fingerprint density at radius 3 is 2.24 bits per heavy atom. The second-order valence-electron chi connectivity index (χ2n) is 4.89. The van der Waals surface area contributed by atoms with Gasteiger partial charge in [0.25, 0.3) is 0 Å². The summed E-state index contributed by atoms with van der Waals surface area (Å²) in [6.45, 7) is 2.71. The molecule has 0 saturated heterocycles. The van der Waals surface area contributed by atoms with Crippen LogP contribution in [0, 0.1) is 6.92 Å². The molecular weight excluding hydrogens is 266 g/mol. The summed E-state index contributed by atoms with van der Waals surface area (Å²) in [6.07, 6.45) is -0.576. The number of hydrogen-bond acceptors (Lipinski definition) is 4. The minimum Gasteiger partial charge on any atom is -0.497 e. The Kier molecular flexibility index (Phi) is 5.46. The Balaban J connectivity index is 1.73. The molecule has 4 nitrogen and oxygen atoms in total. The zero-order chi connectivity index (χ0) is 15.1. The third-order valence-corrected chi connectivity index (χ3v) is 3.10. The summed E-state index contributed by atoms with van der Waals surface area (Å²) < 4.78 is 10.6. The van der Waals surface area contributed by atoms with Crippen LogP contribution in [-0.4, -0.2) is 31.5 Å². The topological polar surface area (TPSA) is 50.7 Å². The first kappa shape index (κ1) is 15.2. The smallest absolute Gasteiger partial charge is 0.119 e. The highest BCUT2D eigenvalue weighted by Crippen LogP contribution is 2.15. The molecule has 1 atom stereocenters. The van der Waals surface area contributed by atoms with E-state index in [1.54, 1.807) is 7.11 Å². The summed E-state index contributed by atoms with van der Waals surface area (Å²) in [5.41, 5.74) is 2.12. The van der Waals surface area contributed by atoms with Crippen molar-refractivity contribution in [1.29, 1.82) is 0 Å². The van der Waals surface area contributed by atoms with Gasteiger partial charge in [0.1, 0.15) is 24.2 Å². The van der Waals surface area contributed by atoms with Crippen LogP contribution >= 0.6 is 0 Å². The summed E-state index contributed by atoms with van der Waals surface area (Å²) in [6, 6.07) is 15.3. The first-order valence-electron chi connectivity index (χ1n) is 6.93. The molecule has 2 aromatic carbocycles. The maximum Gasteiger partial charge on any atom is 0.119 e. The molecule has 2 N–H and O–H groups in total. The van der Waals surface area contributed by atoms with Gasteiger partial charge in [0, 0.05) is 12.2 Å². The van der Waals surface area contributed by atoms with E-state index in [1.165, 1.54) is 5.56 Å². The fourth-order valence-electron chi connectivity index (χ4n) is 1.83. The third-order valence-electron chi connectivity index (χ3n) is 3.10. The summed E-state index contributed by atoms with van der Waals surface area (Å²) in [5, 5.41) is 13.1. The van der Waals surface area contributed by atoms with Gasteiger partial charge in [-0.15, -0.1) is 0 Å². The minimum absolute atomic E-state index is 0.256. The number of nitrogens with one attached hydrogen (secondary N) is 1. The molecule has 0 spiro atoms. The number of methoxy groups -OCH3 is 1. The van der Waals surface area contributed by atoms with Gasteiger partial charge in [0.05, 0.1) is 7.11 Å². The van der Waals surface area contributed by atoms with Gasteiger partial charge in [-0.3, -0.25) is 0 Å². The van der Waals surface area contributed by atoms with E-state index in [-0.39, 0.29) is 6.61 Å². The molecule has 4 heteroatoms. The Labute approximate surface area is 125 Å². The molecular formula is C17H21NO3. The maximum atomic E-state index is 9.91. The number of aliphatic hydroxyl groups excluding tert-OH is 1. The molecule has 0 aromatic heterocycles. The average molecular weight is 287 g/mol. The molecule has 2 rings (SSSR count). The fraction of sp³-hybridized carbons (Fsp3) is 0.294. The lowest BCUT2D eigenvalue weighted by Gasteiger charge is -2.14. The molecule has 0 radical (unpaired) electrons. The van der Waals surface area contributed by atoms with E-state index in [2.05, 4.69) is 5.32 Å². The number of ether oxygens (including phenoxy) is 2. The molecule has 112 valence electrons. The van der Waals surface area contributed by atoms with Gasteiger partial charge < -0.3 is 19.9 Å². The predicted molar refractivity (Wildman–Crippen MR) is 84.2 cm³/mol. The van der Waals surface area contributed by atoms with E-state index in [0.29, 0.717) is 6.54 Å². The molecule has 0 heterocycles. The highest BCUT2D eigenvalue weighted by Gasteiger charge is 2.05. The zero-order valence-corrected chi connectivity index (χ0v) is 12.4. The van der Waals surface area contributed by atoms with Gasteiger partial charge in [0.15, 0.2) is 0 Å². The van der Waals surface area contributed by atoms with Crippen LogP contribution in [0.1, 0.15) is 5.56 Å². The second-order valence-corrected chi connectivity index (χ2v) is 4.89. The Morgan fingerprint density at radius 2 is 1.62 bits per heavy atom. The van der Waals surface area contributed by atoms with Crippen LogP contribution in [0.5, 0.6) is 11.5 Å². The number of aryl methyl sites for hydroxylation is 1. The maximum absolute atomic E-state index is 9.91. The summed E-state index contributed by atoms with van der Waals surface area (Å²) in [4.78, 5) is 0. The Bertz CT molecular complexity index is 537. The largest absolute Gasteiger partial charge is 0.497 e. The predicted octanol–water partition coefficient (Wildman–Crippen LogP) is 2.86. The van der Waals surface area contributed by atoms with Crippen molar-refractivity contribution in [3.05, 3.63) is 54.1 Å². The molecule has 2 aromatic rings. The van der Waals surface area contributed by atoms with Crippen LogP contribution in [0.2, 0.25) is 0 Å². The third kappa shape index (κ3) is 5.00. The second kappa shape index (κ2) is 7.55. The van der Waals surface area contributed by atoms with Crippen LogP contribution in [0.25, 0.3) is 0 Å². The molecule has 0 aliphatic heterocycles. The van der Waals surface area contributed by atoms with Gasteiger partial charge in [-0.1, -0.05) is 17.7 Å². The summed E-state index contributed by atoms with van der Waals surface area (Å²) >= 11 is 0. The molecule has 21 heavy (non-hydrogen) atoms. The number of rotatable bonds is 7. The zero-order valence-electron chi connectivity index (χ0n) is 12.4. The van der Waals surface area contributed by atoms with Crippen molar-refractivity contribution in [1.82, 2.24) is 0 Å². The molecule has 0 aliphatic carbocycles. The highest BCUT2D eigenvalue weighted by atomic mass is 16.5. The van der Waals surface area contributed by atoms with Gasteiger partial charge in [-0.25, -0.2) is 0 Å². The quantitative estimate of drug-likeness (QED) is 0.822. The lowest BCUT2D eigenvalue weighted by atomic mass is 10.2. The molecule has 0 fully saturated rings. The van der Waals surface area contributed by atoms with Crippen molar-refractivity contribution in [3.63, 3.8) is 0 Å². The molecule has 0 amide bonds. The lowest BCUT2D eigenvalue weighted by Crippen LogP contribution is -2.26. The van der Waals surface area contributed by atoms with Crippen molar-refractivity contribution >= 4 is 5.69 Å². The van der Waals surface area contributed by atoms with E-state index < -0.39 is 6.10 Å². The first-order chi connectivity index (χ1) is 10.2. The van der Waals surface area contributed by atoms with Gasteiger partial charge >= 0.3 is 0 Å². The lowest BCUT2D eigenvalue weighted by molar-refractivity contribution is 0.117. The van der Waals surface area contributed by atoms with Crippen molar-refractivity contribution in [3.8, 4) is 11.5 Å². The van der Waals surface area contributed by atoms with Gasteiger partial charge in [-0.2, -0.15) is 0 Å². The molecule has 0 saturated carbocycles. The SMILES string of the molecule is COc1ccc(NCC(O)COc2ccc(C)cc2)cc1. The molecule has 1 unspecified atom stereocenters. The van der Waals surface area contributed by atoms with E-state index in [0.717, 1.165) is 17.2 Å². The normalized spacial score (nSPS) is 11.8. The Morgan fingerprint density at radius 1 is 1.00 bits per heavy atom. The number of hydrogen-bond donors (Lipinski definition) is 2. The number of aliphatic hydroxyl groups is 1. The summed E-state index contributed by atoms with van der Waals surface area (Å²) in [5.74, 6) is 1.58. The number of anilines is 1. The average Bonchev–Trinajstić information content (AvgIpc) is 2.53. The monoisotopic (exact) mass is 287 g/mol. The van der Waals surface area contributed by atoms with E-state index in [1.807, 2.05) is 55.5 Å². The van der Waals surface area contributed by atoms with Crippen LogP contribution < -0.4 is 14.8 Å². The molecule has 0 bridgehead atoms. The van der Waals surface area contributed by atoms with Crippen LogP contribution in [0.4, 0.5) is 5.69 Å². The fourth-order valence-corrected chi connectivity index (χ4v) is 1.83. The van der Waals surface area contributed by atoms with Crippen LogP contribution in [-0.2, 0) is 0 Å².